The van der Waals surface area contributed by atoms with Crippen LogP contribution in [0.25, 0.3) is 0 Å². The molecule has 4 aromatic rings. The lowest BCUT2D eigenvalue weighted by Crippen LogP contribution is -2.54. The molecule has 9 heteroatoms. The lowest BCUT2D eigenvalue weighted by atomic mass is 9.71. The zero-order valence-electron chi connectivity index (χ0n) is 20.1. The molecule has 0 spiro atoms. The molecule has 0 radical (unpaired) electrons. The fraction of sp³-hybridized carbons (Fsp3) is 0.296. The summed E-state index contributed by atoms with van der Waals surface area (Å²) in [6, 6.07) is 15.9. The first-order chi connectivity index (χ1) is 17.4. The van der Waals surface area contributed by atoms with Crippen molar-refractivity contribution in [3.63, 3.8) is 0 Å². The Bertz CT molecular complexity index is 1420. The van der Waals surface area contributed by atoms with E-state index < -0.39 is 11.4 Å². The molecule has 2 atom stereocenters. The highest BCUT2D eigenvalue weighted by molar-refractivity contribution is 5.35. The van der Waals surface area contributed by atoms with E-state index in [4.69, 9.17) is 9.72 Å². The number of hydrogen-bond donors (Lipinski definition) is 0. The first-order valence-electron chi connectivity index (χ1n) is 11.9. The van der Waals surface area contributed by atoms with Crippen LogP contribution in [-0.2, 0) is 12.6 Å². The summed E-state index contributed by atoms with van der Waals surface area (Å²) in [7, 11) is 1.73. The van der Waals surface area contributed by atoms with Crippen molar-refractivity contribution in [1.82, 2.24) is 24.2 Å². The number of aromatic nitrogens is 4. The minimum absolute atomic E-state index is 0.0284. The van der Waals surface area contributed by atoms with Gasteiger partial charge in [0.1, 0.15) is 5.82 Å². The number of likely N-dealkylation sites (tertiary alicyclic amines) is 1. The van der Waals surface area contributed by atoms with E-state index in [0.717, 1.165) is 18.7 Å². The van der Waals surface area contributed by atoms with Gasteiger partial charge in [-0.2, -0.15) is 4.98 Å². The van der Waals surface area contributed by atoms with Crippen molar-refractivity contribution in [3.8, 4) is 11.8 Å². The Labute approximate surface area is 207 Å². The van der Waals surface area contributed by atoms with E-state index in [1.165, 1.54) is 30.3 Å². The summed E-state index contributed by atoms with van der Waals surface area (Å²) in [6.45, 7) is 4.35. The summed E-state index contributed by atoms with van der Waals surface area (Å²) in [5, 5.41) is 0. The molecule has 1 aliphatic rings. The van der Waals surface area contributed by atoms with Crippen molar-refractivity contribution in [3.05, 3.63) is 106 Å². The number of hydrogen-bond acceptors (Lipinski definition) is 5. The SMILES string of the molecule is CCN1CCC(c2ccc(F)cc2)(n2ccc(=O)n2C)C(c2ccnc(Oc3ccccc3F)n2)C1. The maximum absolute atomic E-state index is 14.2. The van der Waals surface area contributed by atoms with Crippen LogP contribution in [0, 0.1) is 11.6 Å². The number of rotatable bonds is 6. The van der Waals surface area contributed by atoms with Gasteiger partial charge >= 0.3 is 6.01 Å². The largest absolute Gasteiger partial charge is 0.421 e. The fourth-order valence-electron chi connectivity index (χ4n) is 5.19. The Kier molecular flexibility index (Phi) is 6.40. The highest BCUT2D eigenvalue weighted by Gasteiger charge is 2.48. The monoisotopic (exact) mass is 491 g/mol. The number of piperidine rings is 1. The van der Waals surface area contributed by atoms with Gasteiger partial charge in [0.25, 0.3) is 5.56 Å². The molecule has 1 fully saturated rings. The Morgan fingerprint density at radius 1 is 1.08 bits per heavy atom. The maximum Gasteiger partial charge on any atom is 0.322 e. The molecule has 2 unspecified atom stereocenters. The third-order valence-corrected chi connectivity index (χ3v) is 7.08. The van der Waals surface area contributed by atoms with E-state index in [-0.39, 0.29) is 29.1 Å². The van der Waals surface area contributed by atoms with Crippen LogP contribution in [0.4, 0.5) is 8.78 Å². The van der Waals surface area contributed by atoms with E-state index in [9.17, 15) is 13.6 Å². The third-order valence-electron chi connectivity index (χ3n) is 7.08. The molecular weight excluding hydrogens is 464 g/mol. The summed E-state index contributed by atoms with van der Waals surface area (Å²) in [6.07, 6.45) is 4.03. The van der Waals surface area contributed by atoms with Crippen LogP contribution in [0.3, 0.4) is 0 Å². The second-order valence-electron chi connectivity index (χ2n) is 8.95. The molecule has 0 amide bonds. The molecule has 1 aliphatic heterocycles. The van der Waals surface area contributed by atoms with E-state index in [0.29, 0.717) is 18.7 Å². The molecule has 2 aromatic carbocycles. The normalized spacial score (nSPS) is 20.4. The first-order valence-corrected chi connectivity index (χ1v) is 11.9. The topological polar surface area (TPSA) is 65.2 Å². The van der Waals surface area contributed by atoms with Crippen LogP contribution in [-0.4, -0.2) is 43.9 Å². The van der Waals surface area contributed by atoms with Crippen LogP contribution in [0.15, 0.2) is 77.9 Å². The summed E-state index contributed by atoms with van der Waals surface area (Å²) in [5.41, 5.74) is 0.672. The van der Waals surface area contributed by atoms with E-state index >= 15 is 0 Å². The maximum atomic E-state index is 14.2. The zero-order valence-corrected chi connectivity index (χ0v) is 20.1. The highest BCUT2D eigenvalue weighted by Crippen LogP contribution is 2.46. The van der Waals surface area contributed by atoms with Crippen molar-refractivity contribution in [2.45, 2.75) is 24.8 Å². The molecule has 0 aliphatic carbocycles. The molecular formula is C27H27F2N5O2. The number of para-hydroxylation sites is 1. The average Bonchev–Trinajstić information content (AvgIpc) is 3.24. The van der Waals surface area contributed by atoms with Crippen LogP contribution in [0.5, 0.6) is 11.8 Å². The second kappa shape index (κ2) is 9.66. The van der Waals surface area contributed by atoms with Gasteiger partial charge in [0, 0.05) is 44.5 Å². The average molecular weight is 492 g/mol. The minimum atomic E-state index is -0.736. The molecule has 0 saturated carbocycles. The van der Waals surface area contributed by atoms with Gasteiger partial charge in [-0.25, -0.2) is 13.8 Å². The zero-order chi connectivity index (χ0) is 25.3. The lowest BCUT2D eigenvalue weighted by Gasteiger charge is -2.49. The van der Waals surface area contributed by atoms with E-state index in [2.05, 4.69) is 16.8 Å². The molecule has 5 rings (SSSR count). The Balaban J connectivity index is 1.67. The highest BCUT2D eigenvalue weighted by atomic mass is 19.1. The number of nitrogens with zero attached hydrogens (tertiary/aromatic N) is 5. The molecule has 186 valence electrons. The second-order valence-corrected chi connectivity index (χ2v) is 8.95. The number of ether oxygens (including phenoxy) is 1. The standard InChI is InChI=1S/C27H27F2N5O2/c1-3-33-17-14-27(19-8-10-20(28)11-9-19,34-16-13-25(35)32(34)2)21(18-33)23-12-15-30-26(31-23)36-24-7-5-4-6-22(24)29/h4-13,15-16,21H,3,14,17-18H2,1-2H3. The van der Waals surface area contributed by atoms with Gasteiger partial charge in [0.2, 0.25) is 0 Å². The quantitative estimate of drug-likeness (QED) is 0.403. The van der Waals surface area contributed by atoms with Crippen LogP contribution in [0.2, 0.25) is 0 Å². The van der Waals surface area contributed by atoms with Crippen LogP contribution < -0.4 is 10.3 Å². The summed E-state index contributed by atoms with van der Waals surface area (Å²) in [4.78, 5) is 23.8. The Hall–Kier alpha value is -3.85. The van der Waals surface area contributed by atoms with Crippen molar-refractivity contribution in [2.24, 2.45) is 7.05 Å². The number of benzene rings is 2. The lowest BCUT2D eigenvalue weighted by molar-refractivity contribution is 0.0932. The summed E-state index contributed by atoms with van der Waals surface area (Å²) in [5.74, 6) is -1.06. The Morgan fingerprint density at radius 3 is 2.56 bits per heavy atom. The van der Waals surface area contributed by atoms with Crippen molar-refractivity contribution < 1.29 is 13.5 Å². The molecule has 1 saturated heterocycles. The van der Waals surface area contributed by atoms with E-state index in [1.54, 1.807) is 48.4 Å². The van der Waals surface area contributed by atoms with Crippen molar-refractivity contribution in [1.29, 1.82) is 0 Å². The molecule has 2 aromatic heterocycles. The molecule has 0 bridgehead atoms. The van der Waals surface area contributed by atoms with Crippen LogP contribution in [0.1, 0.15) is 30.5 Å². The summed E-state index contributed by atoms with van der Waals surface area (Å²) >= 11 is 0. The smallest absolute Gasteiger partial charge is 0.322 e. The third kappa shape index (κ3) is 4.19. The van der Waals surface area contributed by atoms with Gasteiger partial charge in [0.05, 0.1) is 11.2 Å². The van der Waals surface area contributed by atoms with Crippen molar-refractivity contribution in [2.75, 3.05) is 19.6 Å². The minimum Gasteiger partial charge on any atom is -0.421 e. The van der Waals surface area contributed by atoms with Gasteiger partial charge in [-0.1, -0.05) is 31.2 Å². The van der Waals surface area contributed by atoms with Gasteiger partial charge in [0.15, 0.2) is 11.6 Å². The van der Waals surface area contributed by atoms with Gasteiger partial charge < -0.3 is 9.64 Å². The molecule has 0 N–H and O–H groups in total. The van der Waals surface area contributed by atoms with Crippen molar-refractivity contribution >= 4 is 0 Å². The van der Waals surface area contributed by atoms with E-state index in [1.807, 2.05) is 10.7 Å². The predicted octanol–water partition coefficient (Wildman–Crippen LogP) is 4.30. The Morgan fingerprint density at radius 2 is 1.86 bits per heavy atom. The molecule has 7 nitrogen and oxygen atoms in total. The number of likely N-dealkylation sites (N-methyl/N-ethyl adjacent to an activating group) is 1. The van der Waals surface area contributed by atoms with Gasteiger partial charge in [-0.05, 0) is 48.9 Å². The van der Waals surface area contributed by atoms with Gasteiger partial charge in [-0.3, -0.25) is 14.2 Å². The number of halogens is 2. The summed E-state index contributed by atoms with van der Waals surface area (Å²) < 4.78 is 37.4. The van der Waals surface area contributed by atoms with Crippen LogP contribution >= 0.6 is 0 Å². The first kappa shape index (κ1) is 23.9. The predicted molar refractivity (Wildman–Crippen MR) is 131 cm³/mol. The fourth-order valence-corrected chi connectivity index (χ4v) is 5.19. The van der Waals surface area contributed by atoms with Gasteiger partial charge in [-0.15, -0.1) is 0 Å². The molecule has 3 heterocycles. The molecule has 36 heavy (non-hydrogen) atoms.